The minimum absolute atomic E-state index is 0.0229. The van der Waals surface area contributed by atoms with Crippen LogP contribution in [0.5, 0.6) is 0 Å². The van der Waals surface area contributed by atoms with Crippen molar-refractivity contribution >= 4 is 11.6 Å². The molecular formula is C12H8ClF2NO. The average molecular weight is 256 g/mol. The van der Waals surface area contributed by atoms with Crippen molar-refractivity contribution in [3.05, 3.63) is 52.7 Å². The van der Waals surface area contributed by atoms with Crippen LogP contribution >= 0.6 is 11.6 Å². The van der Waals surface area contributed by atoms with Crippen molar-refractivity contribution in [3.63, 3.8) is 0 Å². The molecule has 1 aromatic carbocycles. The molecule has 0 radical (unpaired) electrons. The summed E-state index contributed by atoms with van der Waals surface area (Å²) in [6, 6.07) is 5.29. The van der Waals surface area contributed by atoms with E-state index in [0.29, 0.717) is 5.56 Å². The first kappa shape index (κ1) is 12.0. The zero-order chi connectivity index (χ0) is 12.4. The van der Waals surface area contributed by atoms with E-state index in [9.17, 15) is 8.78 Å². The molecule has 0 fully saturated rings. The second-order valence-corrected chi connectivity index (χ2v) is 3.77. The molecule has 0 saturated carbocycles. The molecule has 0 saturated heterocycles. The van der Waals surface area contributed by atoms with Gasteiger partial charge in [0.15, 0.2) is 11.6 Å². The van der Waals surface area contributed by atoms with E-state index in [2.05, 4.69) is 4.98 Å². The zero-order valence-corrected chi connectivity index (χ0v) is 9.38. The van der Waals surface area contributed by atoms with Crippen molar-refractivity contribution in [2.75, 3.05) is 0 Å². The number of halogens is 3. The number of benzene rings is 1. The van der Waals surface area contributed by atoms with E-state index in [-0.39, 0.29) is 22.9 Å². The van der Waals surface area contributed by atoms with E-state index >= 15 is 0 Å². The van der Waals surface area contributed by atoms with E-state index in [1.165, 1.54) is 24.4 Å². The molecule has 2 nitrogen and oxygen atoms in total. The molecule has 0 amide bonds. The van der Waals surface area contributed by atoms with Crippen molar-refractivity contribution in [3.8, 4) is 11.3 Å². The summed E-state index contributed by atoms with van der Waals surface area (Å²) in [6.45, 7) is -0.286. The Morgan fingerprint density at radius 1 is 1.24 bits per heavy atom. The second-order valence-electron chi connectivity index (χ2n) is 3.39. The fraction of sp³-hybridized carbons (Fsp3) is 0.0833. The Kier molecular flexibility index (Phi) is 3.36. The van der Waals surface area contributed by atoms with E-state index in [0.717, 1.165) is 6.07 Å². The van der Waals surface area contributed by atoms with E-state index in [4.69, 9.17) is 16.7 Å². The summed E-state index contributed by atoms with van der Waals surface area (Å²) >= 11 is 5.96. The number of nitrogens with zero attached hydrogens (tertiary/aromatic N) is 1. The van der Waals surface area contributed by atoms with E-state index in [1.807, 2.05) is 0 Å². The minimum Gasteiger partial charge on any atom is -0.392 e. The highest BCUT2D eigenvalue weighted by Gasteiger charge is 2.15. The summed E-state index contributed by atoms with van der Waals surface area (Å²) in [4.78, 5) is 3.91. The summed E-state index contributed by atoms with van der Waals surface area (Å²) < 4.78 is 26.7. The van der Waals surface area contributed by atoms with Crippen LogP contribution in [0.2, 0.25) is 5.02 Å². The lowest BCUT2D eigenvalue weighted by atomic mass is 10.1. The van der Waals surface area contributed by atoms with Gasteiger partial charge in [-0.1, -0.05) is 17.7 Å². The molecule has 88 valence electrons. The number of hydrogen-bond donors (Lipinski definition) is 1. The summed E-state index contributed by atoms with van der Waals surface area (Å²) in [7, 11) is 0. The lowest BCUT2D eigenvalue weighted by molar-refractivity contribution is 0.282. The first-order valence-corrected chi connectivity index (χ1v) is 5.21. The zero-order valence-electron chi connectivity index (χ0n) is 8.62. The molecule has 17 heavy (non-hydrogen) atoms. The van der Waals surface area contributed by atoms with Crippen molar-refractivity contribution in [1.82, 2.24) is 4.98 Å². The molecule has 0 aliphatic heterocycles. The molecule has 0 bridgehead atoms. The van der Waals surface area contributed by atoms with Gasteiger partial charge in [-0.05, 0) is 23.8 Å². The first-order chi connectivity index (χ1) is 8.15. The maximum atomic E-state index is 13.6. The molecular weight excluding hydrogens is 248 g/mol. The van der Waals surface area contributed by atoms with Crippen LogP contribution in [0.15, 0.2) is 30.5 Å². The molecule has 0 aliphatic rings. The lowest BCUT2D eigenvalue weighted by Crippen LogP contribution is -1.95. The summed E-state index contributed by atoms with van der Waals surface area (Å²) in [5.41, 5.74) is 0.515. The van der Waals surface area contributed by atoms with Gasteiger partial charge in [-0.2, -0.15) is 0 Å². The minimum atomic E-state index is -1.00. The highest BCUT2D eigenvalue weighted by molar-refractivity contribution is 6.33. The van der Waals surface area contributed by atoms with Gasteiger partial charge in [0.1, 0.15) is 0 Å². The summed E-state index contributed by atoms with van der Waals surface area (Å²) in [5, 5.41) is 9.16. The SMILES string of the molecule is OCc1ccnc(-c2cccc(F)c2F)c1Cl. The molecule has 2 rings (SSSR count). The Bertz CT molecular complexity index is 560. The molecule has 0 unspecified atom stereocenters. The molecule has 5 heteroatoms. The molecule has 0 aliphatic carbocycles. The predicted octanol–water partition coefficient (Wildman–Crippen LogP) is 3.17. The van der Waals surface area contributed by atoms with Crippen molar-refractivity contribution in [2.45, 2.75) is 6.61 Å². The van der Waals surface area contributed by atoms with Gasteiger partial charge in [0.25, 0.3) is 0 Å². The largest absolute Gasteiger partial charge is 0.392 e. The molecule has 0 spiro atoms. The van der Waals surface area contributed by atoms with Crippen LogP contribution in [-0.2, 0) is 6.61 Å². The summed E-state index contributed by atoms with van der Waals surface area (Å²) in [5.74, 6) is -1.97. The third-order valence-electron chi connectivity index (χ3n) is 2.35. The third kappa shape index (κ3) is 2.14. The van der Waals surface area contributed by atoms with Gasteiger partial charge in [0, 0.05) is 11.8 Å². The van der Waals surface area contributed by atoms with Crippen LogP contribution in [0.3, 0.4) is 0 Å². The van der Waals surface area contributed by atoms with Gasteiger partial charge in [-0.15, -0.1) is 0 Å². The van der Waals surface area contributed by atoms with Gasteiger partial charge >= 0.3 is 0 Å². The predicted molar refractivity (Wildman–Crippen MR) is 60.5 cm³/mol. The maximum absolute atomic E-state index is 13.6. The Hall–Kier alpha value is -1.52. The summed E-state index contributed by atoms with van der Waals surface area (Å²) in [6.07, 6.45) is 1.39. The molecule has 1 N–H and O–H groups in total. The number of hydrogen-bond acceptors (Lipinski definition) is 2. The quantitative estimate of drug-likeness (QED) is 0.894. The highest BCUT2D eigenvalue weighted by atomic mass is 35.5. The fourth-order valence-electron chi connectivity index (χ4n) is 1.48. The van der Waals surface area contributed by atoms with Crippen LogP contribution in [0.25, 0.3) is 11.3 Å². The molecule has 1 heterocycles. The number of rotatable bonds is 2. The molecule has 2 aromatic rings. The first-order valence-electron chi connectivity index (χ1n) is 4.83. The van der Waals surface area contributed by atoms with Gasteiger partial charge in [-0.3, -0.25) is 4.98 Å². The van der Waals surface area contributed by atoms with Crippen LogP contribution in [-0.4, -0.2) is 10.1 Å². The fourth-order valence-corrected chi connectivity index (χ4v) is 1.75. The maximum Gasteiger partial charge on any atom is 0.168 e. The smallest absolute Gasteiger partial charge is 0.168 e. The van der Waals surface area contributed by atoms with Gasteiger partial charge in [-0.25, -0.2) is 8.78 Å². The Morgan fingerprint density at radius 2 is 2.00 bits per heavy atom. The normalized spacial score (nSPS) is 10.6. The lowest BCUT2D eigenvalue weighted by Gasteiger charge is -2.08. The third-order valence-corrected chi connectivity index (χ3v) is 2.77. The number of pyridine rings is 1. The standard InChI is InChI=1S/C12H8ClF2NO/c13-10-7(6-17)4-5-16-12(10)8-2-1-3-9(14)11(8)15/h1-5,17H,6H2. The Balaban J connectivity index is 2.65. The Labute approximate surface area is 102 Å². The monoisotopic (exact) mass is 255 g/mol. The van der Waals surface area contributed by atoms with Crippen LogP contribution in [0, 0.1) is 11.6 Å². The number of aliphatic hydroxyl groups excluding tert-OH is 1. The van der Waals surface area contributed by atoms with Crippen LogP contribution in [0.1, 0.15) is 5.56 Å². The van der Waals surface area contributed by atoms with Crippen molar-refractivity contribution < 1.29 is 13.9 Å². The van der Waals surface area contributed by atoms with Gasteiger partial charge in [0.2, 0.25) is 0 Å². The van der Waals surface area contributed by atoms with Gasteiger partial charge < -0.3 is 5.11 Å². The van der Waals surface area contributed by atoms with Crippen LogP contribution in [0.4, 0.5) is 8.78 Å². The number of aromatic nitrogens is 1. The molecule has 0 atom stereocenters. The average Bonchev–Trinajstić information content (AvgIpc) is 2.33. The van der Waals surface area contributed by atoms with E-state index < -0.39 is 11.6 Å². The second kappa shape index (κ2) is 4.77. The number of aliphatic hydroxyl groups is 1. The van der Waals surface area contributed by atoms with Gasteiger partial charge in [0.05, 0.1) is 17.3 Å². The topological polar surface area (TPSA) is 33.1 Å². The van der Waals surface area contributed by atoms with Crippen LogP contribution < -0.4 is 0 Å². The van der Waals surface area contributed by atoms with Crippen molar-refractivity contribution in [1.29, 1.82) is 0 Å². The Morgan fingerprint density at radius 3 is 2.71 bits per heavy atom. The van der Waals surface area contributed by atoms with Crippen molar-refractivity contribution in [2.24, 2.45) is 0 Å². The highest BCUT2D eigenvalue weighted by Crippen LogP contribution is 2.31. The molecule has 1 aromatic heterocycles. The van der Waals surface area contributed by atoms with E-state index in [1.54, 1.807) is 0 Å².